The van der Waals surface area contributed by atoms with Crippen molar-refractivity contribution in [3.8, 4) is 101 Å². The van der Waals surface area contributed by atoms with E-state index in [1.54, 1.807) is 0 Å². The molecule has 0 N–H and O–H groups in total. The second kappa shape index (κ2) is 26.1. The molecule has 0 aliphatic rings. The maximum Gasteiger partial charge on any atom is 0.0731 e. The van der Waals surface area contributed by atoms with Crippen LogP contribution < -0.4 is 0 Å². The van der Waals surface area contributed by atoms with Crippen LogP contribution in [0.5, 0.6) is 0 Å². The Hall–Kier alpha value is -14.1. The van der Waals surface area contributed by atoms with Crippen molar-refractivity contribution in [1.82, 2.24) is 19.9 Å². The van der Waals surface area contributed by atoms with Crippen molar-refractivity contribution in [2.24, 2.45) is 0 Å². The summed E-state index contributed by atoms with van der Waals surface area (Å²) in [5.74, 6) is 0. The van der Waals surface area contributed by atoms with Crippen molar-refractivity contribution in [2.45, 2.75) is 0 Å². The van der Waals surface area contributed by atoms with E-state index in [1.807, 2.05) is 43.0 Å². The summed E-state index contributed by atoms with van der Waals surface area (Å²) in [6.45, 7) is 0. The molecule has 106 heavy (non-hydrogen) atoms. The molecule has 17 aromatic carbocycles. The van der Waals surface area contributed by atoms with Crippen LogP contribution in [-0.4, -0.2) is 19.9 Å². The molecule has 0 atom stereocenters. The van der Waals surface area contributed by atoms with Crippen LogP contribution in [-0.2, 0) is 0 Å². The van der Waals surface area contributed by atoms with Crippen molar-refractivity contribution in [3.63, 3.8) is 0 Å². The zero-order valence-corrected chi connectivity index (χ0v) is 57.7. The van der Waals surface area contributed by atoms with E-state index in [0.717, 1.165) is 66.6 Å². The fourth-order valence-electron chi connectivity index (χ4n) is 16.2. The van der Waals surface area contributed by atoms with Crippen LogP contribution in [0.3, 0.4) is 0 Å². The number of pyridine rings is 4. The van der Waals surface area contributed by atoms with E-state index in [-0.39, 0.29) is 0 Å². The summed E-state index contributed by atoms with van der Waals surface area (Å²) in [5, 5.41) is 23.2. The Morgan fingerprint density at radius 2 is 0.519 bits per heavy atom. The van der Waals surface area contributed by atoms with Crippen LogP contribution in [0.25, 0.3) is 208 Å². The van der Waals surface area contributed by atoms with Crippen LogP contribution in [0.15, 0.2) is 389 Å². The molecule has 0 spiro atoms. The van der Waals surface area contributed by atoms with Gasteiger partial charge in [0.05, 0.1) is 22.6 Å². The van der Waals surface area contributed by atoms with Gasteiger partial charge in [0.2, 0.25) is 0 Å². The molecule has 4 heteroatoms. The molecule has 21 aromatic rings. The summed E-state index contributed by atoms with van der Waals surface area (Å²) in [4.78, 5) is 19.3. The van der Waals surface area contributed by atoms with Gasteiger partial charge in [-0.15, -0.1) is 0 Å². The van der Waals surface area contributed by atoms with Gasteiger partial charge in [-0.25, -0.2) is 4.98 Å². The third-order valence-corrected chi connectivity index (χ3v) is 21.4. The lowest BCUT2D eigenvalue weighted by Crippen LogP contribution is -1.93. The second-order valence-corrected chi connectivity index (χ2v) is 27.6. The third-order valence-electron chi connectivity index (χ3n) is 21.4. The van der Waals surface area contributed by atoms with E-state index >= 15 is 0 Å². The van der Waals surface area contributed by atoms with Gasteiger partial charge in [0.1, 0.15) is 0 Å². The van der Waals surface area contributed by atoms with E-state index in [1.165, 1.54) is 142 Å². The quantitative estimate of drug-likeness (QED) is 0.135. The molecule has 21 rings (SSSR count). The van der Waals surface area contributed by atoms with Crippen LogP contribution >= 0.6 is 0 Å². The van der Waals surface area contributed by atoms with E-state index in [4.69, 9.17) is 9.97 Å². The van der Waals surface area contributed by atoms with Crippen molar-refractivity contribution < 1.29 is 0 Å². The van der Waals surface area contributed by atoms with Gasteiger partial charge in [-0.2, -0.15) is 0 Å². The van der Waals surface area contributed by atoms with E-state index in [2.05, 4.69) is 356 Å². The molecule has 0 bridgehead atoms. The SMILES string of the molecule is c1cc(-c2ccc3c(-c4ccc5ccccc5c4)c4ccccc4c(-c4ccc5ccccc5c4)c3c2)nc(-c2cncc3ccccc23)c1.c1ccc2cc(-c3c4ccccc4c(-c4ccc5ccccc5c4)c4cc(-c5ccc(-c6ccc(-c7cnc8ccccc8c7)nc6)cc5)ccc34)ccc2c1. The number of benzene rings is 17. The van der Waals surface area contributed by atoms with E-state index in [0.29, 0.717) is 0 Å². The molecule has 0 aliphatic carbocycles. The Morgan fingerprint density at radius 1 is 0.160 bits per heavy atom. The van der Waals surface area contributed by atoms with Gasteiger partial charge in [0.25, 0.3) is 0 Å². The number of aromatic nitrogens is 4. The summed E-state index contributed by atoms with van der Waals surface area (Å²) < 4.78 is 0. The van der Waals surface area contributed by atoms with Gasteiger partial charge in [0, 0.05) is 57.8 Å². The summed E-state index contributed by atoms with van der Waals surface area (Å²) in [6, 6.07) is 132. The van der Waals surface area contributed by atoms with Crippen molar-refractivity contribution in [1.29, 1.82) is 0 Å². The molecule has 0 amide bonds. The summed E-state index contributed by atoms with van der Waals surface area (Å²) in [5.41, 5.74) is 21.3. The largest absolute Gasteiger partial charge is 0.263 e. The molecule has 4 aromatic heterocycles. The zero-order chi connectivity index (χ0) is 70.0. The highest BCUT2D eigenvalue weighted by atomic mass is 14.7. The first-order chi connectivity index (χ1) is 52.5. The Kier molecular flexibility index (Phi) is 15.2. The van der Waals surface area contributed by atoms with Gasteiger partial charge >= 0.3 is 0 Å². The highest BCUT2D eigenvalue weighted by Crippen LogP contribution is 2.49. The molecule has 0 saturated heterocycles. The molecule has 0 fully saturated rings. The lowest BCUT2D eigenvalue weighted by Gasteiger charge is -2.19. The molecule has 4 nitrogen and oxygen atoms in total. The number of nitrogens with zero attached hydrogens (tertiary/aromatic N) is 4. The fourth-order valence-corrected chi connectivity index (χ4v) is 16.2. The number of fused-ring (bicyclic) bond motifs is 10. The molecule has 0 radical (unpaired) electrons. The maximum atomic E-state index is 5.25. The van der Waals surface area contributed by atoms with Crippen LogP contribution in [0.2, 0.25) is 0 Å². The Balaban J connectivity index is 0.000000141. The number of rotatable bonds is 9. The average molecular weight is 1350 g/mol. The minimum absolute atomic E-state index is 0.914. The lowest BCUT2D eigenvalue weighted by molar-refractivity contribution is 1.30. The normalized spacial score (nSPS) is 11.6. The highest BCUT2D eigenvalue weighted by Gasteiger charge is 2.22. The standard InChI is InChI=1S/C54H34N2.C48H30N2/c1-3-11-39-29-43(23-21-35(39)9-1)53-47-14-6-7-15-48(47)54(44-24-22-36-10-2-4-12-40(36)30-44)50-32-41(25-27-49(50)53)37-17-19-38(20-18-37)45-26-28-52(55-33-45)46-31-42-13-5-8-16-51(42)56-34-46;1-3-12-33-26-36(22-20-31(33)10-1)47-40-16-7-8-17-41(40)48(37-23-21-32-11-2-4-13-34(32)27-37)43-28-35(24-25-42(43)47)45-18-9-19-46(50-45)44-30-49-29-38-14-5-6-15-39(38)44/h1-34H;1-30H. The third kappa shape index (κ3) is 11.1. The van der Waals surface area contributed by atoms with Gasteiger partial charge < -0.3 is 0 Å². The van der Waals surface area contributed by atoms with E-state index in [9.17, 15) is 0 Å². The monoisotopic (exact) mass is 1340 g/mol. The molecule has 4 heterocycles. The first kappa shape index (κ1) is 61.8. The fraction of sp³-hybridized carbons (Fsp3) is 0. The smallest absolute Gasteiger partial charge is 0.0731 e. The van der Waals surface area contributed by atoms with Gasteiger partial charge in [-0.05, 0) is 219 Å². The molecule has 492 valence electrons. The number of hydrogen-bond acceptors (Lipinski definition) is 4. The minimum atomic E-state index is 0.914. The molecule has 0 saturated carbocycles. The molecule has 0 unspecified atom stereocenters. The Morgan fingerprint density at radius 3 is 1.02 bits per heavy atom. The summed E-state index contributed by atoms with van der Waals surface area (Å²) >= 11 is 0. The predicted octanol–water partition coefficient (Wildman–Crippen LogP) is 27.5. The van der Waals surface area contributed by atoms with Gasteiger partial charge in [-0.1, -0.05) is 297 Å². The number of para-hydroxylation sites is 1. The van der Waals surface area contributed by atoms with Gasteiger partial charge in [-0.3, -0.25) is 15.0 Å². The second-order valence-electron chi connectivity index (χ2n) is 27.6. The first-order valence-electron chi connectivity index (χ1n) is 36.2. The summed E-state index contributed by atoms with van der Waals surface area (Å²) in [7, 11) is 0. The maximum absolute atomic E-state index is 5.25. The van der Waals surface area contributed by atoms with Crippen LogP contribution in [0.1, 0.15) is 0 Å². The summed E-state index contributed by atoms with van der Waals surface area (Å²) in [6.07, 6.45) is 7.71. The average Bonchev–Trinajstić information content (AvgIpc) is 0.731. The molecule has 0 aliphatic heterocycles. The highest BCUT2D eigenvalue weighted by molar-refractivity contribution is 6.24. The zero-order valence-electron chi connectivity index (χ0n) is 57.7. The topological polar surface area (TPSA) is 51.6 Å². The Bertz CT molecular complexity index is 7070. The van der Waals surface area contributed by atoms with Gasteiger partial charge in [0.15, 0.2) is 0 Å². The van der Waals surface area contributed by atoms with Crippen molar-refractivity contribution >= 4 is 108 Å². The first-order valence-corrected chi connectivity index (χ1v) is 36.2. The van der Waals surface area contributed by atoms with Crippen LogP contribution in [0, 0.1) is 0 Å². The molecular weight excluding hydrogens is 1280 g/mol. The molecular formula is C102H64N4. The number of hydrogen-bond donors (Lipinski definition) is 0. The minimum Gasteiger partial charge on any atom is -0.263 e. The van der Waals surface area contributed by atoms with Crippen molar-refractivity contribution in [2.75, 3.05) is 0 Å². The van der Waals surface area contributed by atoms with Crippen LogP contribution in [0.4, 0.5) is 0 Å². The Labute approximate surface area is 613 Å². The van der Waals surface area contributed by atoms with Crippen molar-refractivity contribution in [3.05, 3.63) is 389 Å². The lowest BCUT2D eigenvalue weighted by atomic mass is 9.84. The van der Waals surface area contributed by atoms with E-state index < -0.39 is 0 Å². The predicted molar refractivity (Wildman–Crippen MR) is 448 cm³/mol.